The van der Waals surface area contributed by atoms with Gasteiger partial charge in [-0.1, -0.05) is 0 Å². The van der Waals surface area contributed by atoms with Gasteiger partial charge < -0.3 is 5.32 Å². The molecular formula is C11H9NOS3. The third kappa shape index (κ3) is 1.79. The number of hydrogen-bond donors (Lipinski definition) is 1. The molecule has 2 nitrogen and oxygen atoms in total. The van der Waals surface area contributed by atoms with Crippen molar-refractivity contribution in [2.24, 2.45) is 0 Å². The highest BCUT2D eigenvalue weighted by molar-refractivity contribution is 8.00. The van der Waals surface area contributed by atoms with Gasteiger partial charge in [0.1, 0.15) is 0 Å². The summed E-state index contributed by atoms with van der Waals surface area (Å²) in [5.41, 5.74) is 2.28. The quantitative estimate of drug-likeness (QED) is 0.855. The highest BCUT2D eigenvalue weighted by atomic mass is 32.2. The summed E-state index contributed by atoms with van der Waals surface area (Å²) in [5.74, 6) is 0.629. The van der Waals surface area contributed by atoms with Crippen LogP contribution in [0, 0.1) is 0 Å². The molecule has 0 fully saturated rings. The van der Waals surface area contributed by atoms with Gasteiger partial charge in [-0.2, -0.15) is 11.3 Å². The van der Waals surface area contributed by atoms with Crippen molar-refractivity contribution in [3.05, 3.63) is 38.7 Å². The van der Waals surface area contributed by atoms with E-state index in [1.807, 2.05) is 11.4 Å². The van der Waals surface area contributed by atoms with Crippen LogP contribution in [0.2, 0.25) is 0 Å². The highest BCUT2D eigenvalue weighted by Crippen LogP contribution is 2.44. The Bertz CT molecular complexity index is 503. The van der Waals surface area contributed by atoms with E-state index >= 15 is 0 Å². The Morgan fingerprint density at radius 2 is 2.25 bits per heavy atom. The van der Waals surface area contributed by atoms with Crippen LogP contribution in [-0.4, -0.2) is 11.7 Å². The van der Waals surface area contributed by atoms with Crippen LogP contribution < -0.4 is 5.32 Å². The fourth-order valence-electron chi connectivity index (χ4n) is 1.72. The maximum Gasteiger partial charge on any atom is 0.234 e. The first-order valence-electron chi connectivity index (χ1n) is 4.85. The number of rotatable bonds is 1. The van der Waals surface area contributed by atoms with Gasteiger partial charge in [0.05, 0.1) is 16.7 Å². The average molecular weight is 267 g/mol. The van der Waals surface area contributed by atoms with Crippen LogP contribution in [0.4, 0.5) is 5.69 Å². The fraction of sp³-hybridized carbons (Fsp3) is 0.182. The number of thiophene rings is 2. The molecule has 2 aromatic heterocycles. The third-order valence-electron chi connectivity index (χ3n) is 2.43. The van der Waals surface area contributed by atoms with E-state index in [0.29, 0.717) is 11.0 Å². The molecule has 0 spiro atoms. The van der Waals surface area contributed by atoms with Gasteiger partial charge in [0.15, 0.2) is 0 Å². The number of thioether (sulfide) groups is 1. The van der Waals surface area contributed by atoms with Crippen molar-refractivity contribution in [1.82, 2.24) is 0 Å². The molecule has 16 heavy (non-hydrogen) atoms. The number of carbonyl (C=O) groups is 1. The van der Waals surface area contributed by atoms with Crippen LogP contribution in [0.1, 0.15) is 15.7 Å². The van der Waals surface area contributed by atoms with Crippen molar-refractivity contribution >= 4 is 46.0 Å². The van der Waals surface area contributed by atoms with Gasteiger partial charge in [0, 0.05) is 4.88 Å². The average Bonchev–Trinajstić information content (AvgIpc) is 2.89. The minimum absolute atomic E-state index is 0.0994. The lowest BCUT2D eigenvalue weighted by Crippen LogP contribution is -2.11. The first-order valence-corrected chi connectivity index (χ1v) is 7.72. The van der Waals surface area contributed by atoms with E-state index in [0.717, 1.165) is 5.69 Å². The first-order chi connectivity index (χ1) is 7.84. The molecule has 1 amide bonds. The Morgan fingerprint density at radius 1 is 1.31 bits per heavy atom. The topological polar surface area (TPSA) is 29.1 Å². The minimum atomic E-state index is 0.0994. The summed E-state index contributed by atoms with van der Waals surface area (Å²) in [6, 6.07) is 4.13. The number of fused-ring (bicyclic) bond motifs is 1. The molecule has 1 atom stereocenters. The molecule has 5 heteroatoms. The molecule has 3 heterocycles. The van der Waals surface area contributed by atoms with Gasteiger partial charge in [-0.25, -0.2) is 0 Å². The second-order valence-electron chi connectivity index (χ2n) is 3.49. The van der Waals surface area contributed by atoms with Gasteiger partial charge in [0.2, 0.25) is 5.91 Å². The van der Waals surface area contributed by atoms with Crippen LogP contribution in [0.15, 0.2) is 28.3 Å². The van der Waals surface area contributed by atoms with Crippen molar-refractivity contribution < 1.29 is 4.79 Å². The van der Waals surface area contributed by atoms with E-state index in [4.69, 9.17) is 0 Å². The lowest BCUT2D eigenvalue weighted by atomic mass is 10.2. The standard InChI is InChI=1S/C11H9NOS3/c13-9-6-16-10(7-1-3-14-5-7)11-8(12-9)2-4-15-11/h1-5,10H,6H2,(H,12,13)/t10-/m0/s1. The molecule has 0 saturated heterocycles. The van der Waals surface area contributed by atoms with Gasteiger partial charge in [-0.15, -0.1) is 23.1 Å². The summed E-state index contributed by atoms with van der Waals surface area (Å²) in [7, 11) is 0. The number of anilines is 1. The van der Waals surface area contributed by atoms with E-state index in [2.05, 4.69) is 22.1 Å². The molecule has 0 aromatic carbocycles. The Labute approximate surface area is 106 Å². The maximum absolute atomic E-state index is 11.5. The fourth-order valence-corrected chi connectivity index (χ4v) is 4.73. The van der Waals surface area contributed by atoms with Crippen molar-refractivity contribution in [3.8, 4) is 0 Å². The van der Waals surface area contributed by atoms with E-state index < -0.39 is 0 Å². The second-order valence-corrected chi connectivity index (χ2v) is 6.32. The summed E-state index contributed by atoms with van der Waals surface area (Å²) in [6.45, 7) is 0. The van der Waals surface area contributed by atoms with Crippen molar-refractivity contribution in [2.45, 2.75) is 5.25 Å². The molecule has 0 saturated carbocycles. The summed E-state index contributed by atoms with van der Waals surface area (Å²) < 4.78 is 0. The lowest BCUT2D eigenvalue weighted by molar-refractivity contribution is -0.113. The SMILES string of the molecule is O=C1CS[C@@H](c2ccsc2)c2sccc2N1. The molecular weight excluding hydrogens is 258 g/mol. The smallest absolute Gasteiger partial charge is 0.234 e. The Morgan fingerprint density at radius 3 is 3.06 bits per heavy atom. The number of hydrogen-bond acceptors (Lipinski definition) is 4. The zero-order chi connectivity index (χ0) is 11.0. The predicted molar refractivity (Wildman–Crippen MR) is 71.6 cm³/mol. The molecule has 0 aliphatic carbocycles. The van der Waals surface area contributed by atoms with Gasteiger partial charge in [-0.05, 0) is 33.8 Å². The van der Waals surface area contributed by atoms with E-state index in [-0.39, 0.29) is 5.91 Å². The van der Waals surface area contributed by atoms with Crippen LogP contribution in [0.25, 0.3) is 0 Å². The number of nitrogens with one attached hydrogen (secondary N) is 1. The molecule has 3 rings (SSSR count). The minimum Gasteiger partial charge on any atom is -0.324 e. The number of amides is 1. The molecule has 1 aliphatic rings. The van der Waals surface area contributed by atoms with E-state index in [1.165, 1.54) is 10.4 Å². The van der Waals surface area contributed by atoms with Crippen molar-refractivity contribution in [2.75, 3.05) is 11.1 Å². The van der Waals surface area contributed by atoms with Crippen LogP contribution in [0.5, 0.6) is 0 Å². The van der Waals surface area contributed by atoms with Crippen LogP contribution >= 0.6 is 34.4 Å². The van der Waals surface area contributed by atoms with Gasteiger partial charge >= 0.3 is 0 Å². The van der Waals surface area contributed by atoms with Crippen LogP contribution in [0.3, 0.4) is 0 Å². The largest absolute Gasteiger partial charge is 0.324 e. The van der Waals surface area contributed by atoms with Gasteiger partial charge in [0.25, 0.3) is 0 Å². The van der Waals surface area contributed by atoms with E-state index in [1.54, 1.807) is 34.4 Å². The lowest BCUT2D eigenvalue weighted by Gasteiger charge is -2.11. The molecule has 2 aromatic rings. The van der Waals surface area contributed by atoms with Crippen molar-refractivity contribution in [1.29, 1.82) is 0 Å². The van der Waals surface area contributed by atoms with Gasteiger partial charge in [-0.3, -0.25) is 4.79 Å². The zero-order valence-electron chi connectivity index (χ0n) is 8.30. The van der Waals surface area contributed by atoms with Crippen molar-refractivity contribution in [3.63, 3.8) is 0 Å². The maximum atomic E-state index is 11.5. The molecule has 0 bridgehead atoms. The normalized spacial score (nSPS) is 20.0. The molecule has 0 radical (unpaired) electrons. The summed E-state index contributed by atoms with van der Waals surface area (Å²) in [4.78, 5) is 12.8. The highest BCUT2D eigenvalue weighted by Gasteiger charge is 2.25. The van der Waals surface area contributed by atoms with Crippen LogP contribution in [-0.2, 0) is 4.79 Å². The first kappa shape index (κ1) is 10.4. The Balaban J connectivity index is 2.05. The Hall–Kier alpha value is -0.780. The Kier molecular flexibility index (Phi) is 2.75. The second kappa shape index (κ2) is 4.24. The zero-order valence-corrected chi connectivity index (χ0v) is 10.8. The molecule has 82 valence electrons. The molecule has 1 aliphatic heterocycles. The molecule has 1 N–H and O–H groups in total. The van der Waals surface area contributed by atoms with E-state index in [9.17, 15) is 4.79 Å². The summed E-state index contributed by atoms with van der Waals surface area (Å²) >= 11 is 5.12. The summed E-state index contributed by atoms with van der Waals surface area (Å²) in [6.07, 6.45) is 0. The summed E-state index contributed by atoms with van der Waals surface area (Å²) in [5, 5.41) is 9.54. The molecule has 0 unspecified atom stereocenters. The predicted octanol–water partition coefficient (Wildman–Crippen LogP) is 3.58. The monoisotopic (exact) mass is 267 g/mol. The number of carbonyl (C=O) groups excluding carboxylic acids is 1. The third-order valence-corrected chi connectivity index (χ3v) is 5.54.